The van der Waals surface area contributed by atoms with E-state index in [1.807, 2.05) is 38.1 Å². The van der Waals surface area contributed by atoms with E-state index in [0.717, 1.165) is 17.7 Å². The van der Waals surface area contributed by atoms with E-state index in [1.54, 1.807) is 7.11 Å². The van der Waals surface area contributed by atoms with Crippen molar-refractivity contribution < 1.29 is 14.6 Å². The Balaban J connectivity index is 2.53. The summed E-state index contributed by atoms with van der Waals surface area (Å²) in [5, 5.41) is 14.4. The highest BCUT2D eigenvalue weighted by molar-refractivity contribution is 5.89. The van der Waals surface area contributed by atoms with Gasteiger partial charge >= 0.3 is 6.03 Å². The van der Waals surface area contributed by atoms with Crippen molar-refractivity contribution in [3.63, 3.8) is 0 Å². The molecule has 2 atom stereocenters. The first-order valence-corrected chi connectivity index (χ1v) is 6.88. The predicted molar refractivity (Wildman–Crippen MR) is 79.8 cm³/mol. The van der Waals surface area contributed by atoms with Crippen molar-refractivity contribution in [3.05, 3.63) is 29.8 Å². The molecule has 0 saturated heterocycles. The van der Waals surface area contributed by atoms with Gasteiger partial charge in [-0.3, -0.25) is 0 Å². The maximum Gasteiger partial charge on any atom is 0.319 e. The van der Waals surface area contributed by atoms with Gasteiger partial charge < -0.3 is 20.5 Å². The van der Waals surface area contributed by atoms with E-state index in [4.69, 9.17) is 9.84 Å². The van der Waals surface area contributed by atoms with Gasteiger partial charge in [-0.15, -0.1) is 0 Å². The number of hydrogen-bond acceptors (Lipinski definition) is 3. The number of rotatable bonds is 7. The summed E-state index contributed by atoms with van der Waals surface area (Å²) in [5.74, 6) is 0. The van der Waals surface area contributed by atoms with E-state index in [9.17, 15) is 4.79 Å². The summed E-state index contributed by atoms with van der Waals surface area (Å²) in [6.45, 7) is 4.01. The second kappa shape index (κ2) is 8.55. The van der Waals surface area contributed by atoms with Crippen LogP contribution in [0.1, 0.15) is 38.4 Å². The van der Waals surface area contributed by atoms with Crippen LogP contribution in [0.2, 0.25) is 0 Å². The zero-order valence-corrected chi connectivity index (χ0v) is 12.3. The Labute approximate surface area is 120 Å². The molecular weight excluding hydrogens is 256 g/mol. The first-order valence-electron chi connectivity index (χ1n) is 6.88. The first kappa shape index (κ1) is 16.5. The normalized spacial score (nSPS) is 13.6. The summed E-state index contributed by atoms with van der Waals surface area (Å²) >= 11 is 0. The predicted octanol–water partition coefficient (Wildman–Crippen LogP) is 2.68. The highest BCUT2D eigenvalue weighted by atomic mass is 16.5. The van der Waals surface area contributed by atoms with E-state index < -0.39 is 0 Å². The Hall–Kier alpha value is -1.59. The summed E-state index contributed by atoms with van der Waals surface area (Å²) < 4.78 is 5.25. The minimum atomic E-state index is -0.238. The van der Waals surface area contributed by atoms with E-state index in [1.165, 1.54) is 0 Å². The molecule has 5 heteroatoms. The molecule has 0 spiro atoms. The molecule has 0 heterocycles. The number of urea groups is 1. The van der Waals surface area contributed by atoms with Crippen molar-refractivity contribution in [2.45, 2.75) is 38.8 Å². The fourth-order valence-corrected chi connectivity index (χ4v) is 1.87. The Morgan fingerprint density at radius 1 is 1.40 bits per heavy atom. The number of aliphatic hydroxyl groups excluding tert-OH is 1. The van der Waals surface area contributed by atoms with Gasteiger partial charge in [-0.25, -0.2) is 4.79 Å². The Bertz CT molecular complexity index is 423. The van der Waals surface area contributed by atoms with Gasteiger partial charge in [0, 0.05) is 25.4 Å². The lowest BCUT2D eigenvalue weighted by Gasteiger charge is -2.15. The topological polar surface area (TPSA) is 70.6 Å². The van der Waals surface area contributed by atoms with Crippen LogP contribution < -0.4 is 10.6 Å². The van der Waals surface area contributed by atoms with Crippen LogP contribution in [0.25, 0.3) is 0 Å². The van der Waals surface area contributed by atoms with Gasteiger partial charge in [0.25, 0.3) is 0 Å². The number of anilines is 1. The zero-order chi connectivity index (χ0) is 15.0. The van der Waals surface area contributed by atoms with Crippen LogP contribution in [0.3, 0.4) is 0 Å². The monoisotopic (exact) mass is 280 g/mol. The lowest BCUT2D eigenvalue weighted by molar-refractivity contribution is 0.119. The minimum Gasteiger partial charge on any atom is -0.396 e. The molecule has 0 saturated carbocycles. The number of aliphatic hydroxyl groups is 1. The minimum absolute atomic E-state index is 0.0108. The lowest BCUT2D eigenvalue weighted by atomic mass is 10.1. The van der Waals surface area contributed by atoms with Crippen LogP contribution in [-0.2, 0) is 4.74 Å². The molecule has 0 fully saturated rings. The average Bonchev–Trinajstić information content (AvgIpc) is 2.44. The van der Waals surface area contributed by atoms with Crippen molar-refractivity contribution in [2.24, 2.45) is 0 Å². The van der Waals surface area contributed by atoms with Gasteiger partial charge in [0.05, 0.1) is 6.10 Å². The van der Waals surface area contributed by atoms with Gasteiger partial charge in [-0.05, 0) is 44.4 Å². The van der Waals surface area contributed by atoms with Crippen molar-refractivity contribution in [3.8, 4) is 0 Å². The third kappa shape index (κ3) is 5.59. The third-order valence-corrected chi connectivity index (χ3v) is 3.14. The summed E-state index contributed by atoms with van der Waals surface area (Å²) in [5.41, 5.74) is 1.75. The number of benzene rings is 1. The van der Waals surface area contributed by atoms with Gasteiger partial charge in [0.1, 0.15) is 0 Å². The Morgan fingerprint density at radius 2 is 2.15 bits per heavy atom. The molecule has 1 aromatic carbocycles. The van der Waals surface area contributed by atoms with Gasteiger partial charge in [-0.2, -0.15) is 0 Å². The fourth-order valence-electron chi connectivity index (χ4n) is 1.87. The third-order valence-electron chi connectivity index (χ3n) is 3.14. The van der Waals surface area contributed by atoms with E-state index >= 15 is 0 Å². The maximum absolute atomic E-state index is 11.8. The van der Waals surface area contributed by atoms with Gasteiger partial charge in [-0.1, -0.05) is 12.1 Å². The van der Waals surface area contributed by atoms with Crippen LogP contribution in [0.5, 0.6) is 0 Å². The molecule has 2 amide bonds. The van der Waals surface area contributed by atoms with Gasteiger partial charge in [0.15, 0.2) is 0 Å². The zero-order valence-electron chi connectivity index (χ0n) is 12.3. The maximum atomic E-state index is 11.8. The quantitative estimate of drug-likeness (QED) is 0.719. The number of hydrogen-bond donors (Lipinski definition) is 3. The summed E-state index contributed by atoms with van der Waals surface area (Å²) in [6, 6.07) is 7.37. The molecule has 0 aliphatic carbocycles. The SMILES string of the molecule is COC(C)c1cccc(NC(=O)NC(C)CCCO)c1. The van der Waals surface area contributed by atoms with Crippen LogP contribution in [-0.4, -0.2) is 30.9 Å². The highest BCUT2D eigenvalue weighted by Crippen LogP contribution is 2.19. The van der Waals surface area contributed by atoms with Crippen LogP contribution in [0.15, 0.2) is 24.3 Å². The van der Waals surface area contributed by atoms with Crippen molar-refractivity contribution >= 4 is 11.7 Å². The van der Waals surface area contributed by atoms with E-state index in [0.29, 0.717) is 6.42 Å². The average molecular weight is 280 g/mol. The van der Waals surface area contributed by atoms with E-state index in [2.05, 4.69) is 10.6 Å². The number of ether oxygens (including phenoxy) is 1. The molecule has 5 nitrogen and oxygen atoms in total. The molecule has 0 bridgehead atoms. The lowest BCUT2D eigenvalue weighted by Crippen LogP contribution is -2.36. The highest BCUT2D eigenvalue weighted by Gasteiger charge is 2.09. The van der Waals surface area contributed by atoms with Crippen LogP contribution in [0, 0.1) is 0 Å². The van der Waals surface area contributed by atoms with Crippen LogP contribution in [0.4, 0.5) is 10.5 Å². The molecule has 20 heavy (non-hydrogen) atoms. The number of amides is 2. The van der Waals surface area contributed by atoms with Crippen molar-refractivity contribution in [2.75, 3.05) is 19.0 Å². The molecule has 0 aliphatic rings. The molecule has 112 valence electrons. The molecule has 3 N–H and O–H groups in total. The Kier molecular flexibility index (Phi) is 7.04. The molecule has 0 aliphatic heterocycles. The summed E-state index contributed by atoms with van der Waals surface area (Å²) in [7, 11) is 1.65. The Morgan fingerprint density at radius 3 is 2.80 bits per heavy atom. The fraction of sp³-hybridized carbons (Fsp3) is 0.533. The van der Waals surface area contributed by atoms with E-state index in [-0.39, 0.29) is 24.8 Å². The second-order valence-electron chi connectivity index (χ2n) is 4.87. The number of carbonyl (C=O) groups is 1. The molecule has 1 aromatic rings. The first-order chi connectivity index (χ1) is 9.56. The largest absolute Gasteiger partial charge is 0.396 e. The number of carbonyl (C=O) groups excluding carboxylic acids is 1. The molecule has 0 radical (unpaired) electrons. The standard InChI is InChI=1S/C15H24N2O3/c1-11(6-5-9-18)16-15(19)17-14-8-4-7-13(10-14)12(2)20-3/h4,7-8,10-12,18H,5-6,9H2,1-3H3,(H2,16,17,19). The number of nitrogens with one attached hydrogen (secondary N) is 2. The van der Waals surface area contributed by atoms with Gasteiger partial charge in [0.2, 0.25) is 0 Å². The summed E-state index contributed by atoms with van der Waals surface area (Å²) in [4.78, 5) is 11.8. The van der Waals surface area contributed by atoms with Crippen molar-refractivity contribution in [1.29, 1.82) is 0 Å². The van der Waals surface area contributed by atoms with Crippen LogP contribution >= 0.6 is 0 Å². The smallest absolute Gasteiger partial charge is 0.319 e. The molecule has 2 unspecified atom stereocenters. The molecular formula is C15H24N2O3. The second-order valence-corrected chi connectivity index (χ2v) is 4.87. The number of methoxy groups -OCH3 is 1. The van der Waals surface area contributed by atoms with Crippen molar-refractivity contribution in [1.82, 2.24) is 5.32 Å². The molecule has 0 aromatic heterocycles. The summed E-state index contributed by atoms with van der Waals surface area (Å²) in [6.07, 6.45) is 1.43. The molecule has 1 rings (SSSR count).